The zero-order valence-electron chi connectivity index (χ0n) is 9.28. The van der Waals surface area contributed by atoms with Crippen LogP contribution in [0.15, 0.2) is 4.79 Å². The number of rotatable bonds is 4. The summed E-state index contributed by atoms with van der Waals surface area (Å²) in [6.07, 6.45) is 2.39. The molecule has 0 unspecified atom stereocenters. The Kier molecular flexibility index (Phi) is 3.69. The van der Waals surface area contributed by atoms with Crippen LogP contribution in [-0.4, -0.2) is 24.6 Å². The lowest BCUT2D eigenvalue weighted by Gasteiger charge is -2.05. The molecule has 0 aromatic carbocycles. The van der Waals surface area contributed by atoms with Gasteiger partial charge in [0.15, 0.2) is 9.84 Å². The molecule has 0 radical (unpaired) electrons. The Morgan fingerprint density at radius 1 is 1.44 bits per heavy atom. The molecule has 7 heteroatoms. The van der Waals surface area contributed by atoms with E-state index in [0.717, 1.165) is 12.7 Å². The predicted octanol–water partition coefficient (Wildman–Crippen LogP) is -0.151. The molecule has 0 spiro atoms. The maximum atomic E-state index is 11.6. The SMILES string of the molecule is CCCc1c(N)nc(CS(C)(=O)=O)[nH]c1=O. The molecule has 3 N–H and O–H groups in total. The summed E-state index contributed by atoms with van der Waals surface area (Å²) in [6, 6.07) is 0. The van der Waals surface area contributed by atoms with Crippen molar-refractivity contribution in [3.05, 3.63) is 21.7 Å². The molecule has 0 bridgehead atoms. The molecule has 6 nitrogen and oxygen atoms in total. The van der Waals surface area contributed by atoms with E-state index in [1.165, 1.54) is 0 Å². The Morgan fingerprint density at radius 3 is 2.50 bits per heavy atom. The molecular formula is C9H15N3O3S. The van der Waals surface area contributed by atoms with Crippen LogP contribution in [0.25, 0.3) is 0 Å². The van der Waals surface area contributed by atoms with Crippen LogP contribution in [0.2, 0.25) is 0 Å². The van der Waals surface area contributed by atoms with Gasteiger partial charge in [0, 0.05) is 6.26 Å². The summed E-state index contributed by atoms with van der Waals surface area (Å²) in [7, 11) is -3.22. The quantitative estimate of drug-likeness (QED) is 0.767. The molecule has 1 rings (SSSR count). The second-order valence-corrected chi connectivity index (χ2v) is 5.84. The smallest absolute Gasteiger partial charge is 0.256 e. The molecule has 90 valence electrons. The van der Waals surface area contributed by atoms with Crippen molar-refractivity contribution >= 4 is 15.7 Å². The summed E-state index contributed by atoms with van der Waals surface area (Å²) >= 11 is 0. The second-order valence-electron chi connectivity index (χ2n) is 3.70. The number of nitrogen functional groups attached to an aromatic ring is 1. The summed E-state index contributed by atoms with van der Waals surface area (Å²) in [6.45, 7) is 1.92. The number of hydrogen-bond acceptors (Lipinski definition) is 5. The summed E-state index contributed by atoms with van der Waals surface area (Å²) in [5.41, 5.74) is 5.66. The highest BCUT2D eigenvalue weighted by Crippen LogP contribution is 2.06. The van der Waals surface area contributed by atoms with Crippen molar-refractivity contribution in [2.24, 2.45) is 0 Å². The van der Waals surface area contributed by atoms with Crippen molar-refractivity contribution in [2.75, 3.05) is 12.0 Å². The molecule has 1 aromatic rings. The van der Waals surface area contributed by atoms with Crippen molar-refractivity contribution in [1.29, 1.82) is 0 Å². The third kappa shape index (κ3) is 3.34. The van der Waals surface area contributed by atoms with Gasteiger partial charge in [0.1, 0.15) is 17.4 Å². The first-order chi connectivity index (χ1) is 7.33. The van der Waals surface area contributed by atoms with Crippen LogP contribution in [0.4, 0.5) is 5.82 Å². The Bertz CT molecular complexity index is 533. The zero-order valence-corrected chi connectivity index (χ0v) is 10.1. The van der Waals surface area contributed by atoms with E-state index in [9.17, 15) is 13.2 Å². The van der Waals surface area contributed by atoms with Crippen molar-refractivity contribution in [2.45, 2.75) is 25.5 Å². The number of nitrogens with zero attached hydrogens (tertiary/aromatic N) is 1. The number of H-pyrrole nitrogens is 1. The monoisotopic (exact) mass is 245 g/mol. The number of nitrogens with two attached hydrogens (primary N) is 1. The van der Waals surface area contributed by atoms with E-state index in [-0.39, 0.29) is 23.0 Å². The highest BCUT2D eigenvalue weighted by atomic mass is 32.2. The van der Waals surface area contributed by atoms with Gasteiger partial charge in [-0.3, -0.25) is 4.79 Å². The lowest BCUT2D eigenvalue weighted by molar-refractivity contribution is 0.599. The Hall–Kier alpha value is -1.37. The lowest BCUT2D eigenvalue weighted by Crippen LogP contribution is -2.21. The van der Waals surface area contributed by atoms with Crippen LogP contribution in [0.5, 0.6) is 0 Å². The van der Waals surface area contributed by atoms with E-state index in [1.807, 2.05) is 6.92 Å². The summed E-state index contributed by atoms with van der Waals surface area (Å²) < 4.78 is 22.1. The Balaban J connectivity index is 3.15. The van der Waals surface area contributed by atoms with E-state index in [4.69, 9.17) is 5.73 Å². The summed E-state index contributed by atoms with van der Waals surface area (Å²) in [4.78, 5) is 17.9. The normalized spacial score (nSPS) is 11.6. The molecule has 16 heavy (non-hydrogen) atoms. The molecule has 0 amide bonds. The van der Waals surface area contributed by atoms with E-state index in [2.05, 4.69) is 9.97 Å². The third-order valence-corrected chi connectivity index (χ3v) is 2.79. The first kappa shape index (κ1) is 12.7. The number of aromatic amines is 1. The first-order valence-corrected chi connectivity index (χ1v) is 6.94. The van der Waals surface area contributed by atoms with E-state index >= 15 is 0 Å². The molecule has 0 aliphatic heterocycles. The van der Waals surface area contributed by atoms with Gasteiger partial charge in [-0.25, -0.2) is 13.4 Å². The van der Waals surface area contributed by atoms with Gasteiger partial charge in [0.05, 0.1) is 5.56 Å². The van der Waals surface area contributed by atoms with Gasteiger partial charge < -0.3 is 10.7 Å². The largest absolute Gasteiger partial charge is 0.383 e. The fourth-order valence-corrected chi connectivity index (χ4v) is 2.01. The highest BCUT2D eigenvalue weighted by molar-refractivity contribution is 7.89. The molecule has 1 heterocycles. The fraction of sp³-hybridized carbons (Fsp3) is 0.556. The number of nitrogens with one attached hydrogen (secondary N) is 1. The average Bonchev–Trinajstić information content (AvgIpc) is 2.08. The van der Waals surface area contributed by atoms with Gasteiger partial charge in [0.2, 0.25) is 0 Å². The maximum Gasteiger partial charge on any atom is 0.256 e. The number of sulfone groups is 1. The van der Waals surface area contributed by atoms with Gasteiger partial charge in [-0.2, -0.15) is 0 Å². The molecule has 0 aliphatic carbocycles. The van der Waals surface area contributed by atoms with Gasteiger partial charge in [0.25, 0.3) is 5.56 Å². The van der Waals surface area contributed by atoms with Gasteiger partial charge >= 0.3 is 0 Å². The third-order valence-electron chi connectivity index (χ3n) is 2.00. The average molecular weight is 245 g/mol. The number of anilines is 1. The first-order valence-electron chi connectivity index (χ1n) is 4.88. The van der Waals surface area contributed by atoms with Crippen LogP contribution in [0.1, 0.15) is 24.7 Å². The van der Waals surface area contributed by atoms with Crippen LogP contribution in [-0.2, 0) is 22.0 Å². The Labute approximate surface area is 93.8 Å². The fourth-order valence-electron chi connectivity index (χ4n) is 1.37. The van der Waals surface area contributed by atoms with E-state index < -0.39 is 9.84 Å². The molecule has 0 aliphatic rings. The van der Waals surface area contributed by atoms with Crippen molar-refractivity contribution < 1.29 is 8.42 Å². The number of hydrogen-bond donors (Lipinski definition) is 2. The van der Waals surface area contributed by atoms with Gasteiger partial charge in [-0.05, 0) is 6.42 Å². The summed E-state index contributed by atoms with van der Waals surface area (Å²) in [5, 5.41) is 0. The zero-order chi connectivity index (χ0) is 12.3. The highest BCUT2D eigenvalue weighted by Gasteiger charge is 2.11. The molecular weight excluding hydrogens is 230 g/mol. The van der Waals surface area contributed by atoms with Gasteiger partial charge in [-0.1, -0.05) is 13.3 Å². The van der Waals surface area contributed by atoms with Crippen LogP contribution < -0.4 is 11.3 Å². The topological polar surface area (TPSA) is 106 Å². The minimum atomic E-state index is -3.22. The molecule has 0 saturated heterocycles. The minimum absolute atomic E-state index is 0.0878. The second kappa shape index (κ2) is 4.65. The van der Waals surface area contributed by atoms with Crippen LogP contribution in [0.3, 0.4) is 0 Å². The van der Waals surface area contributed by atoms with Crippen LogP contribution >= 0.6 is 0 Å². The minimum Gasteiger partial charge on any atom is -0.383 e. The standard InChI is InChI=1S/C9H15N3O3S/c1-3-4-6-8(10)11-7(12-9(6)13)5-16(2,14)15/h3-5H2,1-2H3,(H3,10,11,12,13). The van der Waals surface area contributed by atoms with E-state index in [1.54, 1.807) is 0 Å². The van der Waals surface area contributed by atoms with Gasteiger partial charge in [-0.15, -0.1) is 0 Å². The lowest BCUT2D eigenvalue weighted by atomic mass is 10.2. The molecule has 0 fully saturated rings. The van der Waals surface area contributed by atoms with Crippen molar-refractivity contribution in [3.63, 3.8) is 0 Å². The van der Waals surface area contributed by atoms with Crippen LogP contribution in [0, 0.1) is 0 Å². The molecule has 0 saturated carbocycles. The summed E-state index contributed by atoms with van der Waals surface area (Å²) in [5.74, 6) is -0.104. The maximum absolute atomic E-state index is 11.6. The molecule has 1 aromatic heterocycles. The van der Waals surface area contributed by atoms with Crippen molar-refractivity contribution in [1.82, 2.24) is 9.97 Å². The number of aromatic nitrogens is 2. The van der Waals surface area contributed by atoms with E-state index in [0.29, 0.717) is 12.0 Å². The molecule has 0 atom stereocenters. The predicted molar refractivity (Wildman–Crippen MR) is 61.8 cm³/mol. The van der Waals surface area contributed by atoms with Crippen molar-refractivity contribution in [3.8, 4) is 0 Å². The Morgan fingerprint density at radius 2 is 2.06 bits per heavy atom.